The molecule has 3 rings (SSSR count). The third-order valence-corrected chi connectivity index (χ3v) is 6.21. The second-order valence-corrected chi connectivity index (χ2v) is 8.69. The summed E-state index contributed by atoms with van der Waals surface area (Å²) < 4.78 is 16.9. The highest BCUT2D eigenvalue weighted by molar-refractivity contribution is 5.40. The van der Waals surface area contributed by atoms with E-state index >= 15 is 0 Å². The lowest BCUT2D eigenvalue weighted by molar-refractivity contribution is 0.0644. The van der Waals surface area contributed by atoms with Gasteiger partial charge in [-0.05, 0) is 57.3 Å². The smallest absolute Gasteiger partial charge is 0.127 e. The van der Waals surface area contributed by atoms with Gasteiger partial charge in [0.05, 0.1) is 7.11 Å². The molecule has 0 aliphatic carbocycles. The van der Waals surface area contributed by atoms with Crippen LogP contribution in [-0.4, -0.2) is 69.2 Å². The third-order valence-electron chi connectivity index (χ3n) is 6.21. The number of hydrogen-bond acceptors (Lipinski definition) is 6. The molecule has 30 heavy (non-hydrogen) atoms. The molecular formula is C24H40N2O4. The highest BCUT2D eigenvalue weighted by Gasteiger charge is 2.16. The molecule has 6 nitrogen and oxygen atoms in total. The molecule has 1 unspecified atom stereocenters. The average molecular weight is 421 g/mol. The van der Waals surface area contributed by atoms with Gasteiger partial charge in [-0.3, -0.25) is 0 Å². The number of hydrogen-bond donors (Lipinski definition) is 2. The van der Waals surface area contributed by atoms with Crippen molar-refractivity contribution < 1.29 is 19.3 Å². The summed E-state index contributed by atoms with van der Waals surface area (Å²) >= 11 is 0. The van der Waals surface area contributed by atoms with E-state index in [2.05, 4.69) is 16.3 Å². The van der Waals surface area contributed by atoms with E-state index in [-0.39, 0.29) is 0 Å². The van der Waals surface area contributed by atoms with Crippen LogP contribution < -0.4 is 14.8 Å². The summed E-state index contributed by atoms with van der Waals surface area (Å²) in [6.07, 6.45) is 8.18. The summed E-state index contributed by atoms with van der Waals surface area (Å²) in [5, 5.41) is 14.1. The third kappa shape index (κ3) is 8.06. The van der Waals surface area contributed by atoms with Crippen LogP contribution in [0.2, 0.25) is 0 Å². The number of nitrogens with zero attached hydrogens (tertiary/aromatic N) is 1. The Balaban J connectivity index is 1.48. The van der Waals surface area contributed by atoms with Gasteiger partial charge in [-0.15, -0.1) is 0 Å². The monoisotopic (exact) mass is 420 g/mol. The molecule has 0 aromatic heterocycles. The molecule has 0 amide bonds. The summed E-state index contributed by atoms with van der Waals surface area (Å²) in [4.78, 5) is 2.38. The molecule has 2 saturated heterocycles. The van der Waals surface area contributed by atoms with Crippen LogP contribution in [0.25, 0.3) is 0 Å². The quantitative estimate of drug-likeness (QED) is 0.606. The van der Waals surface area contributed by atoms with E-state index < -0.39 is 6.10 Å². The minimum atomic E-state index is -0.487. The Morgan fingerprint density at radius 3 is 2.60 bits per heavy atom. The fraction of sp³-hybridized carbons (Fsp3) is 0.750. The normalized spacial score (nSPS) is 20.3. The zero-order valence-electron chi connectivity index (χ0n) is 18.6. The van der Waals surface area contributed by atoms with Crippen molar-refractivity contribution >= 4 is 0 Å². The van der Waals surface area contributed by atoms with Crippen molar-refractivity contribution in [1.82, 2.24) is 10.2 Å². The Kier molecular flexibility index (Phi) is 10.2. The maximum Gasteiger partial charge on any atom is 0.127 e. The highest BCUT2D eigenvalue weighted by Crippen LogP contribution is 2.25. The van der Waals surface area contributed by atoms with E-state index in [4.69, 9.17) is 14.2 Å². The molecule has 2 aliphatic rings. The molecular weight excluding hydrogens is 380 g/mol. The van der Waals surface area contributed by atoms with Crippen molar-refractivity contribution in [2.75, 3.05) is 53.1 Å². The van der Waals surface area contributed by atoms with Gasteiger partial charge in [-0.2, -0.15) is 0 Å². The second kappa shape index (κ2) is 13.2. The number of methoxy groups -OCH3 is 1. The summed E-state index contributed by atoms with van der Waals surface area (Å²) in [6, 6.07) is 5.94. The molecule has 2 heterocycles. The van der Waals surface area contributed by atoms with Gasteiger partial charge >= 0.3 is 0 Å². The van der Waals surface area contributed by atoms with Crippen LogP contribution in [0.5, 0.6) is 11.5 Å². The predicted molar refractivity (Wildman–Crippen MR) is 119 cm³/mol. The van der Waals surface area contributed by atoms with E-state index in [9.17, 15) is 5.11 Å². The van der Waals surface area contributed by atoms with Gasteiger partial charge in [0, 0.05) is 37.9 Å². The van der Waals surface area contributed by atoms with E-state index in [1.54, 1.807) is 7.11 Å². The van der Waals surface area contributed by atoms with Crippen LogP contribution in [0.4, 0.5) is 0 Å². The fourth-order valence-electron chi connectivity index (χ4n) is 4.34. The largest absolute Gasteiger partial charge is 0.497 e. The Bertz CT molecular complexity index is 599. The minimum Gasteiger partial charge on any atom is -0.497 e. The van der Waals surface area contributed by atoms with E-state index in [0.717, 1.165) is 69.3 Å². The zero-order valence-corrected chi connectivity index (χ0v) is 18.6. The Morgan fingerprint density at radius 1 is 1.13 bits per heavy atom. The number of aliphatic hydroxyl groups is 1. The Morgan fingerprint density at radius 2 is 1.87 bits per heavy atom. The summed E-state index contributed by atoms with van der Waals surface area (Å²) in [7, 11) is 1.67. The van der Waals surface area contributed by atoms with Crippen molar-refractivity contribution in [3.05, 3.63) is 23.8 Å². The lowest BCUT2D eigenvalue weighted by atomic mass is 10.0. The number of aliphatic hydroxyl groups excluding tert-OH is 1. The lowest BCUT2D eigenvalue weighted by Crippen LogP contribution is -2.37. The van der Waals surface area contributed by atoms with Crippen LogP contribution in [0.15, 0.2) is 18.2 Å². The van der Waals surface area contributed by atoms with Gasteiger partial charge in [-0.25, -0.2) is 0 Å². The molecule has 2 fully saturated rings. The highest BCUT2D eigenvalue weighted by atomic mass is 16.5. The number of likely N-dealkylation sites (tertiary alicyclic amines) is 1. The number of β-amino-alcohol motifs (C(OH)–C–C–N with tert-alkyl or cyclic N) is 1. The molecule has 1 aromatic carbocycles. The van der Waals surface area contributed by atoms with Gasteiger partial charge < -0.3 is 29.5 Å². The Hall–Kier alpha value is -1.34. The molecule has 0 spiro atoms. The van der Waals surface area contributed by atoms with Crippen LogP contribution in [0, 0.1) is 5.92 Å². The van der Waals surface area contributed by atoms with E-state index in [0.29, 0.717) is 19.1 Å². The Labute approximate surface area is 181 Å². The summed E-state index contributed by atoms with van der Waals surface area (Å²) in [6.45, 7) is 6.63. The van der Waals surface area contributed by atoms with Gasteiger partial charge in [0.1, 0.15) is 24.2 Å². The summed E-state index contributed by atoms with van der Waals surface area (Å²) in [5.74, 6) is 2.25. The van der Waals surface area contributed by atoms with Gasteiger partial charge in [0.25, 0.3) is 0 Å². The SMILES string of the molecule is COc1ccc(CNCC2CCOCC2)c(OCC(O)CN2CCCCCCC2)c1. The number of ether oxygens (including phenoxy) is 3. The molecule has 0 bridgehead atoms. The van der Waals surface area contributed by atoms with E-state index in [1.165, 1.54) is 32.1 Å². The van der Waals surface area contributed by atoms with Crippen LogP contribution in [-0.2, 0) is 11.3 Å². The fourth-order valence-corrected chi connectivity index (χ4v) is 4.34. The van der Waals surface area contributed by atoms with Crippen molar-refractivity contribution in [3.63, 3.8) is 0 Å². The standard InChI is InChI=1S/C24H40N2O4/c1-28-23-8-7-21(17-25-16-20-9-13-29-14-10-20)24(15-23)30-19-22(27)18-26-11-5-3-2-4-6-12-26/h7-8,15,20,22,25,27H,2-6,9-14,16-19H2,1H3. The molecule has 6 heteroatoms. The first-order chi connectivity index (χ1) is 14.7. The maximum absolute atomic E-state index is 10.6. The zero-order chi connectivity index (χ0) is 21.0. The van der Waals surface area contributed by atoms with Crippen LogP contribution >= 0.6 is 0 Å². The summed E-state index contributed by atoms with van der Waals surface area (Å²) in [5.41, 5.74) is 1.10. The van der Waals surface area contributed by atoms with Gasteiger partial charge in [0.15, 0.2) is 0 Å². The first kappa shape index (κ1) is 23.3. The maximum atomic E-state index is 10.6. The van der Waals surface area contributed by atoms with Crippen molar-refractivity contribution in [2.45, 2.75) is 57.6 Å². The number of benzene rings is 1. The lowest BCUT2D eigenvalue weighted by Gasteiger charge is -2.27. The van der Waals surface area contributed by atoms with Crippen LogP contribution in [0.3, 0.4) is 0 Å². The molecule has 170 valence electrons. The first-order valence-corrected chi connectivity index (χ1v) is 11.7. The van der Waals surface area contributed by atoms with Gasteiger partial charge in [-0.1, -0.05) is 25.3 Å². The first-order valence-electron chi connectivity index (χ1n) is 11.7. The molecule has 0 radical (unpaired) electrons. The molecule has 2 N–H and O–H groups in total. The van der Waals surface area contributed by atoms with Crippen molar-refractivity contribution in [1.29, 1.82) is 0 Å². The van der Waals surface area contributed by atoms with Crippen molar-refractivity contribution in [3.8, 4) is 11.5 Å². The predicted octanol–water partition coefficient (Wildman–Crippen LogP) is 3.22. The molecule has 1 atom stereocenters. The topological polar surface area (TPSA) is 63.2 Å². The van der Waals surface area contributed by atoms with Crippen molar-refractivity contribution in [2.24, 2.45) is 5.92 Å². The molecule has 1 aromatic rings. The number of rotatable bonds is 10. The van der Waals surface area contributed by atoms with E-state index in [1.807, 2.05) is 12.1 Å². The average Bonchev–Trinajstić information content (AvgIpc) is 2.75. The minimum absolute atomic E-state index is 0.302. The number of nitrogens with one attached hydrogen (secondary N) is 1. The molecule has 2 aliphatic heterocycles. The van der Waals surface area contributed by atoms with Gasteiger partial charge in [0.2, 0.25) is 0 Å². The van der Waals surface area contributed by atoms with Crippen LogP contribution in [0.1, 0.15) is 50.5 Å². The second-order valence-electron chi connectivity index (χ2n) is 8.69. The molecule has 0 saturated carbocycles.